The van der Waals surface area contributed by atoms with Crippen LogP contribution in [0.3, 0.4) is 0 Å². The molecule has 3 rings (SSSR count). The number of hydrogen-bond acceptors (Lipinski definition) is 4. The average molecular weight is 631 g/mol. The van der Waals surface area contributed by atoms with Gasteiger partial charge in [0.05, 0.1) is 17.1 Å². The van der Waals surface area contributed by atoms with Gasteiger partial charge in [0.1, 0.15) is 18.2 Å². The number of nitrogens with zero attached hydrogens (tertiary/aromatic N) is 1. The quantitative estimate of drug-likeness (QED) is 0.160. The summed E-state index contributed by atoms with van der Waals surface area (Å²) in [6, 6.07) is 23.0. The van der Waals surface area contributed by atoms with Gasteiger partial charge < -0.3 is 14.8 Å². The van der Waals surface area contributed by atoms with Gasteiger partial charge in [-0.1, -0.05) is 42.5 Å². The van der Waals surface area contributed by atoms with Gasteiger partial charge in [-0.15, -0.1) is 0 Å². The third-order valence-corrected chi connectivity index (χ3v) is 6.26. The van der Waals surface area contributed by atoms with Crippen molar-refractivity contribution in [3.05, 3.63) is 97.0 Å². The second kappa shape index (κ2) is 12.6. The van der Waals surface area contributed by atoms with Crippen LogP contribution in [0.15, 0.2) is 76.8 Å². The molecule has 0 saturated heterocycles. The number of rotatable bonds is 9. The summed E-state index contributed by atoms with van der Waals surface area (Å²) in [4.78, 5) is 12.7. The Bertz CT molecular complexity index is 1210. The number of nitriles is 1. The second-order valence-electron chi connectivity index (χ2n) is 7.45. The van der Waals surface area contributed by atoms with Gasteiger partial charge >= 0.3 is 0 Å². The van der Waals surface area contributed by atoms with Crippen LogP contribution < -0.4 is 14.8 Å². The molecule has 1 N–H and O–H groups in total. The van der Waals surface area contributed by atoms with Gasteiger partial charge in [-0.3, -0.25) is 4.79 Å². The topological polar surface area (TPSA) is 71.3 Å². The predicted octanol–water partition coefficient (Wildman–Crippen LogP) is 6.82. The number of carbonyl (C=O) groups is 1. The highest BCUT2D eigenvalue weighted by atomic mass is 127. The fourth-order valence-electron chi connectivity index (χ4n) is 3.23. The van der Waals surface area contributed by atoms with Gasteiger partial charge in [0.2, 0.25) is 0 Å². The van der Waals surface area contributed by atoms with E-state index >= 15 is 0 Å². The predicted molar refractivity (Wildman–Crippen MR) is 145 cm³/mol. The number of benzene rings is 3. The highest BCUT2D eigenvalue weighted by Crippen LogP contribution is 2.38. The van der Waals surface area contributed by atoms with Crippen LogP contribution in [0.1, 0.15) is 36.6 Å². The van der Waals surface area contributed by atoms with Crippen LogP contribution in [0, 0.1) is 14.9 Å². The summed E-state index contributed by atoms with van der Waals surface area (Å²) in [6.07, 6.45) is 1.54. The van der Waals surface area contributed by atoms with Crippen molar-refractivity contribution in [2.45, 2.75) is 26.5 Å². The minimum Gasteiger partial charge on any atom is -0.490 e. The third kappa shape index (κ3) is 7.08. The molecule has 0 aliphatic rings. The minimum absolute atomic E-state index is 0.00434. The summed E-state index contributed by atoms with van der Waals surface area (Å²) in [5.74, 6) is 0.661. The molecule has 0 aliphatic heterocycles. The van der Waals surface area contributed by atoms with E-state index in [0.29, 0.717) is 34.7 Å². The molecule has 1 amide bonds. The summed E-state index contributed by atoms with van der Waals surface area (Å²) < 4.78 is 13.7. The van der Waals surface area contributed by atoms with Crippen LogP contribution in [-0.4, -0.2) is 12.5 Å². The first-order valence-electron chi connectivity index (χ1n) is 10.7. The highest BCUT2D eigenvalue weighted by Gasteiger charge is 2.16. The zero-order chi connectivity index (χ0) is 24.5. The van der Waals surface area contributed by atoms with Gasteiger partial charge in [0.15, 0.2) is 11.5 Å². The highest BCUT2D eigenvalue weighted by molar-refractivity contribution is 14.1. The van der Waals surface area contributed by atoms with E-state index in [1.54, 1.807) is 18.2 Å². The fraction of sp³-hybridized carbons (Fsp3) is 0.185. The van der Waals surface area contributed by atoms with E-state index in [1.807, 2.05) is 74.5 Å². The van der Waals surface area contributed by atoms with Crippen molar-refractivity contribution < 1.29 is 14.3 Å². The number of carbonyl (C=O) groups excluding carboxylic acids is 1. The summed E-state index contributed by atoms with van der Waals surface area (Å²) in [7, 11) is 0. The van der Waals surface area contributed by atoms with E-state index < -0.39 is 5.91 Å². The second-order valence-corrected chi connectivity index (χ2v) is 9.55. The first-order valence-corrected chi connectivity index (χ1v) is 12.6. The normalized spacial score (nSPS) is 11.9. The lowest BCUT2D eigenvalue weighted by Gasteiger charge is -2.15. The summed E-state index contributed by atoms with van der Waals surface area (Å²) in [5, 5.41) is 12.5. The Morgan fingerprint density at radius 3 is 2.50 bits per heavy atom. The van der Waals surface area contributed by atoms with Crippen molar-refractivity contribution in [1.82, 2.24) is 5.32 Å². The van der Waals surface area contributed by atoms with Crippen LogP contribution in [0.2, 0.25) is 0 Å². The fourth-order valence-corrected chi connectivity index (χ4v) is 4.16. The molecule has 1 atom stereocenters. The number of nitrogens with one attached hydrogen (secondary N) is 1. The number of hydrogen-bond donors (Lipinski definition) is 1. The van der Waals surface area contributed by atoms with E-state index in [9.17, 15) is 10.1 Å². The molecular weight excluding hydrogens is 607 g/mol. The maximum atomic E-state index is 12.7. The summed E-state index contributed by atoms with van der Waals surface area (Å²) in [6.45, 7) is 4.60. The van der Waals surface area contributed by atoms with Gasteiger partial charge in [-0.2, -0.15) is 5.26 Å². The molecule has 0 fully saturated rings. The Morgan fingerprint density at radius 2 is 1.85 bits per heavy atom. The van der Waals surface area contributed by atoms with Gasteiger partial charge in [0.25, 0.3) is 5.91 Å². The van der Waals surface area contributed by atoms with Crippen LogP contribution in [0.25, 0.3) is 6.08 Å². The molecule has 0 spiro atoms. The molecule has 34 heavy (non-hydrogen) atoms. The largest absolute Gasteiger partial charge is 0.490 e. The molecule has 3 aromatic carbocycles. The van der Waals surface area contributed by atoms with Gasteiger partial charge in [0, 0.05) is 3.57 Å². The first-order chi connectivity index (χ1) is 16.4. The zero-order valence-corrected chi connectivity index (χ0v) is 22.6. The van der Waals surface area contributed by atoms with E-state index in [-0.39, 0.29) is 11.6 Å². The maximum Gasteiger partial charge on any atom is 0.262 e. The van der Waals surface area contributed by atoms with Crippen molar-refractivity contribution in [2.75, 3.05) is 6.61 Å². The Labute approximate surface area is 222 Å². The molecule has 3 aromatic rings. The molecule has 0 unspecified atom stereocenters. The molecule has 0 radical (unpaired) electrons. The van der Waals surface area contributed by atoms with E-state index in [2.05, 4.69) is 43.8 Å². The van der Waals surface area contributed by atoms with E-state index in [0.717, 1.165) is 14.7 Å². The number of amides is 1. The first kappa shape index (κ1) is 25.8. The Balaban J connectivity index is 1.81. The van der Waals surface area contributed by atoms with Crippen LogP contribution in [0.4, 0.5) is 0 Å². The van der Waals surface area contributed by atoms with E-state index in [4.69, 9.17) is 9.47 Å². The lowest BCUT2D eigenvalue weighted by Crippen LogP contribution is -2.27. The maximum absolute atomic E-state index is 12.7. The van der Waals surface area contributed by atoms with Crippen LogP contribution >= 0.6 is 38.5 Å². The van der Waals surface area contributed by atoms with Gasteiger partial charge in [-0.25, -0.2) is 0 Å². The molecule has 0 aromatic heterocycles. The Kier molecular flexibility index (Phi) is 9.54. The summed E-state index contributed by atoms with van der Waals surface area (Å²) >= 11 is 5.82. The molecular formula is C27H24BrIN2O3. The monoisotopic (exact) mass is 630 g/mol. The van der Waals surface area contributed by atoms with Crippen molar-refractivity contribution >= 4 is 50.5 Å². The summed E-state index contributed by atoms with van der Waals surface area (Å²) in [5.41, 5.74) is 2.65. The molecule has 0 heterocycles. The Hall–Kier alpha value is -2.83. The third-order valence-electron chi connectivity index (χ3n) is 4.95. The molecule has 0 aliphatic carbocycles. The van der Waals surface area contributed by atoms with Crippen molar-refractivity contribution in [3.8, 4) is 17.6 Å². The number of halogens is 2. The van der Waals surface area contributed by atoms with Crippen LogP contribution in [-0.2, 0) is 11.4 Å². The van der Waals surface area contributed by atoms with Crippen molar-refractivity contribution in [1.29, 1.82) is 5.26 Å². The Morgan fingerprint density at radius 1 is 1.15 bits per heavy atom. The zero-order valence-electron chi connectivity index (χ0n) is 18.8. The smallest absolute Gasteiger partial charge is 0.262 e. The molecule has 0 bridgehead atoms. The standard InChI is InChI=1S/C27H24BrIN2O3/c1-3-33-25-15-20(14-24(28)26(25)34-17-19-9-11-23(29)12-10-19)13-22(16-30)27(32)31-18(2)21-7-5-4-6-8-21/h4-15,18H,3,17H2,1-2H3,(H,31,32)/b22-13-/t18-/m1/s1. The van der Waals surface area contributed by atoms with Crippen LogP contribution in [0.5, 0.6) is 11.5 Å². The lowest BCUT2D eigenvalue weighted by molar-refractivity contribution is -0.117. The SMILES string of the molecule is CCOc1cc(/C=C(/C#N)C(=O)N[C@H](C)c2ccccc2)cc(Br)c1OCc1ccc(I)cc1. The minimum atomic E-state index is -0.438. The average Bonchev–Trinajstić information content (AvgIpc) is 2.83. The molecule has 5 nitrogen and oxygen atoms in total. The molecule has 7 heteroatoms. The molecule has 174 valence electrons. The van der Waals surface area contributed by atoms with E-state index in [1.165, 1.54) is 0 Å². The van der Waals surface area contributed by atoms with Crippen molar-refractivity contribution in [3.63, 3.8) is 0 Å². The van der Waals surface area contributed by atoms with Gasteiger partial charge in [-0.05, 0) is 99.4 Å². The lowest BCUT2D eigenvalue weighted by atomic mass is 10.1. The number of ether oxygens (including phenoxy) is 2. The van der Waals surface area contributed by atoms with Crippen molar-refractivity contribution in [2.24, 2.45) is 0 Å². The molecule has 0 saturated carbocycles.